The molecule has 0 unspecified atom stereocenters. The maximum Gasteiger partial charge on any atom is 0.0541 e. The molecule has 0 saturated heterocycles. The molecule has 0 aliphatic rings. The number of hydrogen-bond donors (Lipinski definition) is 0. The number of nitrogens with zero attached hydrogens (tertiary/aromatic N) is 2. The summed E-state index contributed by atoms with van der Waals surface area (Å²) >= 11 is 0. The van der Waals surface area contributed by atoms with Gasteiger partial charge in [0.15, 0.2) is 0 Å². The van der Waals surface area contributed by atoms with Gasteiger partial charge < -0.3 is 9.47 Å². The Morgan fingerprint density at radius 3 is 1.63 bits per heavy atom. The van der Waals surface area contributed by atoms with Gasteiger partial charge in [0.1, 0.15) is 0 Å². The fraction of sp³-hybridized carbons (Fsp3) is 0. The predicted molar refractivity (Wildman–Crippen MR) is 221 cm³/mol. The van der Waals surface area contributed by atoms with Gasteiger partial charge in [0.2, 0.25) is 0 Å². The Balaban J connectivity index is 1.17. The van der Waals surface area contributed by atoms with Crippen LogP contribution in [0.2, 0.25) is 0 Å². The molecule has 10 aromatic rings. The predicted octanol–water partition coefficient (Wildman–Crippen LogP) is 13.9. The quantitative estimate of drug-likeness (QED) is 0.172. The summed E-state index contributed by atoms with van der Waals surface area (Å²) < 4.78 is 2.38. The van der Waals surface area contributed by atoms with Crippen molar-refractivity contribution in [2.24, 2.45) is 0 Å². The highest BCUT2D eigenvalue weighted by atomic mass is 15.1. The standard InChI is InChI=1S/C50H34N2/c1-2-14-35(15-3-1)37-18-12-19-40(34-37)51(38-28-30-39(31-29-38)52-48-26-10-8-23-46(48)47-24-9-11-27-49(47)52)50-33-32-44(43-21-6-7-22-45(43)50)42-25-13-17-36-16-4-5-20-41(36)42/h1-34H. The molecular formula is C50H34N2. The molecule has 1 aromatic heterocycles. The third kappa shape index (κ3) is 4.96. The number of para-hydroxylation sites is 2. The Morgan fingerprint density at radius 1 is 0.327 bits per heavy atom. The molecule has 2 nitrogen and oxygen atoms in total. The SMILES string of the molecule is c1ccc(-c2cccc(N(c3ccc(-n4c5ccccc5c5ccccc54)cc3)c3ccc(-c4cccc5ccccc45)c4ccccc34)c2)cc1. The van der Waals surface area contributed by atoms with E-state index in [1.807, 2.05) is 0 Å². The number of fused-ring (bicyclic) bond motifs is 5. The van der Waals surface area contributed by atoms with E-state index in [0.29, 0.717) is 0 Å². The van der Waals surface area contributed by atoms with Crippen molar-refractivity contribution in [2.45, 2.75) is 0 Å². The minimum Gasteiger partial charge on any atom is -0.310 e. The summed E-state index contributed by atoms with van der Waals surface area (Å²) in [4.78, 5) is 2.41. The molecule has 0 N–H and O–H groups in total. The van der Waals surface area contributed by atoms with E-state index in [4.69, 9.17) is 0 Å². The van der Waals surface area contributed by atoms with Crippen LogP contribution >= 0.6 is 0 Å². The summed E-state index contributed by atoms with van der Waals surface area (Å²) in [6.45, 7) is 0. The van der Waals surface area contributed by atoms with E-state index in [-0.39, 0.29) is 0 Å². The van der Waals surface area contributed by atoms with E-state index in [1.165, 1.54) is 65.6 Å². The van der Waals surface area contributed by atoms with E-state index >= 15 is 0 Å². The number of aromatic nitrogens is 1. The van der Waals surface area contributed by atoms with Gasteiger partial charge in [-0.2, -0.15) is 0 Å². The molecule has 0 radical (unpaired) electrons. The van der Waals surface area contributed by atoms with Crippen molar-refractivity contribution in [3.8, 4) is 27.9 Å². The van der Waals surface area contributed by atoms with Crippen molar-refractivity contribution in [1.29, 1.82) is 0 Å². The molecule has 0 aliphatic carbocycles. The molecule has 10 rings (SSSR count). The topological polar surface area (TPSA) is 8.17 Å². The molecule has 0 bridgehead atoms. The molecule has 0 saturated carbocycles. The first-order valence-electron chi connectivity index (χ1n) is 17.9. The molecule has 244 valence electrons. The molecule has 1 heterocycles. The molecule has 52 heavy (non-hydrogen) atoms. The monoisotopic (exact) mass is 662 g/mol. The average Bonchev–Trinajstić information content (AvgIpc) is 3.56. The van der Waals surface area contributed by atoms with Gasteiger partial charge in [-0.3, -0.25) is 0 Å². The molecule has 0 fully saturated rings. The second-order valence-electron chi connectivity index (χ2n) is 13.3. The lowest BCUT2D eigenvalue weighted by atomic mass is 9.93. The van der Waals surface area contributed by atoms with Crippen molar-refractivity contribution >= 4 is 60.4 Å². The van der Waals surface area contributed by atoms with Gasteiger partial charge in [-0.25, -0.2) is 0 Å². The van der Waals surface area contributed by atoms with Crippen LogP contribution in [-0.4, -0.2) is 4.57 Å². The highest BCUT2D eigenvalue weighted by molar-refractivity contribution is 6.11. The molecule has 0 amide bonds. The molecular weight excluding hydrogens is 629 g/mol. The third-order valence-electron chi connectivity index (χ3n) is 10.4. The molecule has 0 spiro atoms. The van der Waals surface area contributed by atoms with Gasteiger partial charge in [0.25, 0.3) is 0 Å². The minimum atomic E-state index is 1.10. The van der Waals surface area contributed by atoms with Crippen molar-refractivity contribution in [3.63, 3.8) is 0 Å². The van der Waals surface area contributed by atoms with Crippen LogP contribution in [0.15, 0.2) is 206 Å². The molecule has 0 aliphatic heterocycles. The molecule has 9 aromatic carbocycles. The van der Waals surface area contributed by atoms with Crippen molar-refractivity contribution in [3.05, 3.63) is 206 Å². The fourth-order valence-corrected chi connectivity index (χ4v) is 8.01. The zero-order chi connectivity index (χ0) is 34.4. The maximum atomic E-state index is 2.41. The highest BCUT2D eigenvalue weighted by Crippen LogP contribution is 2.44. The summed E-state index contributed by atoms with van der Waals surface area (Å²) in [6.07, 6.45) is 0. The first-order chi connectivity index (χ1) is 25.8. The lowest BCUT2D eigenvalue weighted by molar-refractivity contribution is 1.17. The zero-order valence-corrected chi connectivity index (χ0v) is 28.5. The zero-order valence-electron chi connectivity index (χ0n) is 28.5. The van der Waals surface area contributed by atoms with Crippen LogP contribution in [-0.2, 0) is 0 Å². The van der Waals surface area contributed by atoms with Gasteiger partial charge >= 0.3 is 0 Å². The Hall–Kier alpha value is -6.90. The van der Waals surface area contributed by atoms with Crippen LogP contribution in [0.1, 0.15) is 0 Å². The normalized spacial score (nSPS) is 11.5. The summed E-state index contributed by atoms with van der Waals surface area (Å²) in [6, 6.07) is 74.7. The second-order valence-corrected chi connectivity index (χ2v) is 13.3. The number of benzene rings is 9. The third-order valence-corrected chi connectivity index (χ3v) is 10.4. The van der Waals surface area contributed by atoms with E-state index in [2.05, 4.69) is 216 Å². The van der Waals surface area contributed by atoms with Crippen molar-refractivity contribution in [1.82, 2.24) is 4.57 Å². The largest absolute Gasteiger partial charge is 0.310 e. The van der Waals surface area contributed by atoms with Crippen LogP contribution in [0, 0.1) is 0 Å². The lowest BCUT2D eigenvalue weighted by Gasteiger charge is -2.28. The van der Waals surface area contributed by atoms with Crippen LogP contribution in [0.3, 0.4) is 0 Å². The Bertz CT molecular complexity index is 2840. The van der Waals surface area contributed by atoms with E-state index in [9.17, 15) is 0 Å². The summed E-state index contributed by atoms with van der Waals surface area (Å²) in [5.74, 6) is 0. The summed E-state index contributed by atoms with van der Waals surface area (Å²) in [5.41, 5.74) is 11.7. The van der Waals surface area contributed by atoms with E-state index in [0.717, 1.165) is 22.7 Å². The van der Waals surface area contributed by atoms with Gasteiger partial charge in [0, 0.05) is 33.2 Å². The van der Waals surface area contributed by atoms with Crippen LogP contribution < -0.4 is 4.90 Å². The van der Waals surface area contributed by atoms with Gasteiger partial charge in [-0.1, -0.05) is 152 Å². The molecule has 0 atom stereocenters. The summed E-state index contributed by atoms with van der Waals surface area (Å²) in [7, 11) is 0. The summed E-state index contributed by atoms with van der Waals surface area (Å²) in [5, 5.41) is 7.46. The first-order valence-corrected chi connectivity index (χ1v) is 17.9. The van der Waals surface area contributed by atoms with Gasteiger partial charge in [-0.15, -0.1) is 0 Å². The Kier molecular flexibility index (Phi) is 7.18. The maximum absolute atomic E-state index is 2.41. The van der Waals surface area contributed by atoms with Crippen molar-refractivity contribution in [2.75, 3.05) is 4.90 Å². The van der Waals surface area contributed by atoms with Crippen LogP contribution in [0.5, 0.6) is 0 Å². The number of rotatable bonds is 6. The first kappa shape index (κ1) is 30.0. The van der Waals surface area contributed by atoms with Crippen LogP contribution in [0.25, 0.3) is 71.3 Å². The lowest BCUT2D eigenvalue weighted by Crippen LogP contribution is -2.11. The Morgan fingerprint density at radius 2 is 0.885 bits per heavy atom. The van der Waals surface area contributed by atoms with E-state index < -0.39 is 0 Å². The van der Waals surface area contributed by atoms with Crippen molar-refractivity contribution < 1.29 is 0 Å². The second kappa shape index (κ2) is 12.5. The van der Waals surface area contributed by atoms with Crippen LogP contribution in [0.4, 0.5) is 17.1 Å². The van der Waals surface area contributed by atoms with Gasteiger partial charge in [0.05, 0.1) is 16.7 Å². The highest BCUT2D eigenvalue weighted by Gasteiger charge is 2.19. The smallest absolute Gasteiger partial charge is 0.0541 e. The van der Waals surface area contributed by atoms with Gasteiger partial charge in [-0.05, 0) is 93.0 Å². The number of anilines is 3. The fourth-order valence-electron chi connectivity index (χ4n) is 8.01. The number of hydrogen-bond acceptors (Lipinski definition) is 1. The van der Waals surface area contributed by atoms with E-state index in [1.54, 1.807) is 0 Å². The minimum absolute atomic E-state index is 1.10. The molecule has 2 heteroatoms. The average molecular weight is 663 g/mol. The Labute approximate surface area is 303 Å².